The van der Waals surface area contributed by atoms with Crippen molar-refractivity contribution >= 4 is 22.8 Å². The van der Waals surface area contributed by atoms with Gasteiger partial charge < -0.3 is 15.0 Å². The van der Waals surface area contributed by atoms with Gasteiger partial charge in [-0.3, -0.25) is 14.6 Å². The minimum absolute atomic E-state index is 0.0668. The third-order valence-electron chi connectivity index (χ3n) is 6.46. The number of carbonyl (C=O) groups excluding carboxylic acids is 2. The van der Waals surface area contributed by atoms with Crippen LogP contribution < -0.4 is 10.1 Å². The molecule has 1 atom stereocenters. The first-order valence-electron chi connectivity index (χ1n) is 12.2. The number of nitrogens with zero attached hydrogens (tertiary/aromatic N) is 5. The molecule has 0 bridgehead atoms. The SMILES string of the molecule is CCC(C)(C)NC(=O)[C@@H](c1ccncc1)N(Cc1ccc(OC)cc1)C(=O)Cn1nnc2ccccc21. The number of amides is 2. The summed E-state index contributed by atoms with van der Waals surface area (Å²) < 4.78 is 6.85. The van der Waals surface area contributed by atoms with Crippen LogP contribution in [0, 0.1) is 0 Å². The number of aromatic nitrogens is 4. The molecule has 2 amide bonds. The highest BCUT2D eigenvalue weighted by molar-refractivity contribution is 5.89. The van der Waals surface area contributed by atoms with Gasteiger partial charge in [-0.1, -0.05) is 36.4 Å². The largest absolute Gasteiger partial charge is 0.497 e. The van der Waals surface area contributed by atoms with E-state index in [1.807, 2.05) is 69.3 Å². The van der Waals surface area contributed by atoms with E-state index in [0.717, 1.165) is 17.5 Å². The number of hydrogen-bond acceptors (Lipinski definition) is 6. The van der Waals surface area contributed by atoms with E-state index in [2.05, 4.69) is 20.6 Å². The van der Waals surface area contributed by atoms with E-state index < -0.39 is 11.6 Å². The van der Waals surface area contributed by atoms with E-state index in [4.69, 9.17) is 4.74 Å². The number of nitrogens with one attached hydrogen (secondary N) is 1. The van der Waals surface area contributed by atoms with Crippen molar-refractivity contribution < 1.29 is 14.3 Å². The van der Waals surface area contributed by atoms with Crippen LogP contribution in [0.4, 0.5) is 0 Å². The first kappa shape index (κ1) is 25.8. The van der Waals surface area contributed by atoms with Crippen LogP contribution in [0.5, 0.6) is 5.75 Å². The van der Waals surface area contributed by atoms with Crippen LogP contribution in [-0.4, -0.2) is 49.3 Å². The Morgan fingerprint density at radius 3 is 2.43 bits per heavy atom. The molecule has 0 spiro atoms. The highest BCUT2D eigenvalue weighted by atomic mass is 16.5. The van der Waals surface area contributed by atoms with Gasteiger partial charge in [-0.05, 0) is 67.8 Å². The first-order valence-corrected chi connectivity index (χ1v) is 12.2. The van der Waals surface area contributed by atoms with E-state index >= 15 is 0 Å². The third kappa shape index (κ3) is 6.11. The number of para-hydroxylation sites is 1. The summed E-state index contributed by atoms with van der Waals surface area (Å²) in [5.74, 6) is 0.185. The van der Waals surface area contributed by atoms with Gasteiger partial charge in [0.15, 0.2) is 0 Å². The molecule has 1 N–H and O–H groups in total. The van der Waals surface area contributed by atoms with Crippen molar-refractivity contribution in [1.82, 2.24) is 30.2 Å². The average molecular weight is 501 g/mol. The van der Waals surface area contributed by atoms with Gasteiger partial charge in [0.05, 0.1) is 12.6 Å². The average Bonchev–Trinajstić information content (AvgIpc) is 3.31. The van der Waals surface area contributed by atoms with Crippen molar-refractivity contribution in [1.29, 1.82) is 0 Å². The quantitative estimate of drug-likeness (QED) is 0.354. The molecule has 0 aliphatic carbocycles. The lowest BCUT2D eigenvalue weighted by Crippen LogP contribution is -2.50. The highest BCUT2D eigenvalue weighted by Gasteiger charge is 2.34. The second-order valence-electron chi connectivity index (χ2n) is 9.52. The Morgan fingerprint density at radius 1 is 1.05 bits per heavy atom. The van der Waals surface area contributed by atoms with Crippen LogP contribution in [0.2, 0.25) is 0 Å². The monoisotopic (exact) mass is 500 g/mol. The number of carbonyl (C=O) groups is 2. The molecule has 37 heavy (non-hydrogen) atoms. The zero-order valence-electron chi connectivity index (χ0n) is 21.6. The summed E-state index contributed by atoms with van der Waals surface area (Å²) in [7, 11) is 1.60. The molecule has 0 unspecified atom stereocenters. The van der Waals surface area contributed by atoms with Gasteiger partial charge in [-0.2, -0.15) is 0 Å². The smallest absolute Gasteiger partial charge is 0.247 e. The molecular weight excluding hydrogens is 468 g/mol. The predicted molar refractivity (Wildman–Crippen MR) is 141 cm³/mol. The number of methoxy groups -OCH3 is 1. The molecule has 0 fully saturated rings. The van der Waals surface area contributed by atoms with Crippen molar-refractivity contribution in [3.05, 3.63) is 84.2 Å². The molecule has 0 aliphatic rings. The minimum atomic E-state index is -0.877. The summed E-state index contributed by atoms with van der Waals surface area (Å²) in [5, 5.41) is 11.5. The zero-order valence-corrected chi connectivity index (χ0v) is 21.6. The normalized spacial score (nSPS) is 12.2. The van der Waals surface area contributed by atoms with Gasteiger partial charge in [0.25, 0.3) is 0 Å². The Hall–Kier alpha value is -4.27. The molecule has 2 heterocycles. The molecule has 4 aromatic rings. The Kier molecular flexibility index (Phi) is 7.81. The summed E-state index contributed by atoms with van der Waals surface area (Å²) in [6.45, 7) is 6.08. The fourth-order valence-corrected chi connectivity index (χ4v) is 4.01. The number of rotatable bonds is 10. The van der Waals surface area contributed by atoms with Crippen LogP contribution in [0.1, 0.15) is 44.4 Å². The van der Waals surface area contributed by atoms with E-state index in [1.54, 1.807) is 41.2 Å². The van der Waals surface area contributed by atoms with Crippen LogP contribution in [0.15, 0.2) is 73.1 Å². The molecule has 9 nitrogen and oxygen atoms in total. The van der Waals surface area contributed by atoms with Crippen LogP contribution in [0.3, 0.4) is 0 Å². The Labute approximate surface area is 216 Å². The molecule has 2 aromatic carbocycles. The summed E-state index contributed by atoms with van der Waals surface area (Å²) >= 11 is 0. The van der Waals surface area contributed by atoms with Crippen molar-refractivity contribution in [2.24, 2.45) is 0 Å². The Bertz CT molecular complexity index is 1350. The molecule has 0 saturated carbocycles. The summed E-state index contributed by atoms with van der Waals surface area (Å²) in [6.07, 6.45) is 3.99. The molecule has 2 aromatic heterocycles. The molecule has 9 heteroatoms. The minimum Gasteiger partial charge on any atom is -0.497 e. The highest BCUT2D eigenvalue weighted by Crippen LogP contribution is 2.26. The Morgan fingerprint density at radius 2 is 1.76 bits per heavy atom. The maximum atomic E-state index is 14.0. The summed E-state index contributed by atoms with van der Waals surface area (Å²) in [6, 6.07) is 17.6. The molecule has 0 saturated heterocycles. The Balaban J connectivity index is 1.74. The van der Waals surface area contributed by atoms with Gasteiger partial charge in [-0.15, -0.1) is 5.10 Å². The number of benzene rings is 2. The standard InChI is InChI=1S/C28H32N6O3/c1-5-28(2,3)30-27(36)26(21-14-16-29-17-15-21)33(18-20-10-12-22(37-4)13-11-20)25(35)19-34-24-9-7-6-8-23(24)31-32-34/h6-17,26H,5,18-19H2,1-4H3,(H,30,36)/t26-/m1/s1. The first-order chi connectivity index (χ1) is 17.8. The second-order valence-corrected chi connectivity index (χ2v) is 9.52. The summed E-state index contributed by atoms with van der Waals surface area (Å²) in [4.78, 5) is 33.4. The number of ether oxygens (including phenoxy) is 1. The van der Waals surface area contributed by atoms with Crippen LogP contribution >= 0.6 is 0 Å². The predicted octanol–water partition coefficient (Wildman–Crippen LogP) is 3.91. The fraction of sp³-hybridized carbons (Fsp3) is 0.321. The zero-order chi connectivity index (χ0) is 26.4. The summed E-state index contributed by atoms with van der Waals surface area (Å²) in [5.41, 5.74) is 2.53. The molecule has 0 aliphatic heterocycles. The number of fused-ring (bicyclic) bond motifs is 1. The van der Waals surface area contributed by atoms with Gasteiger partial charge >= 0.3 is 0 Å². The van der Waals surface area contributed by atoms with Crippen LogP contribution in [-0.2, 0) is 22.7 Å². The maximum absolute atomic E-state index is 14.0. The van der Waals surface area contributed by atoms with E-state index in [9.17, 15) is 9.59 Å². The van der Waals surface area contributed by atoms with Gasteiger partial charge in [-0.25, -0.2) is 4.68 Å². The lowest BCUT2D eigenvalue weighted by Gasteiger charge is -2.34. The topological polar surface area (TPSA) is 102 Å². The van der Waals surface area contributed by atoms with Gasteiger partial charge in [0.2, 0.25) is 11.8 Å². The van der Waals surface area contributed by atoms with Crippen molar-refractivity contribution in [2.45, 2.75) is 51.9 Å². The van der Waals surface area contributed by atoms with E-state index in [-0.39, 0.29) is 24.9 Å². The molecule has 192 valence electrons. The third-order valence-corrected chi connectivity index (χ3v) is 6.46. The van der Waals surface area contributed by atoms with E-state index in [0.29, 0.717) is 16.8 Å². The lowest BCUT2D eigenvalue weighted by molar-refractivity contribution is -0.143. The maximum Gasteiger partial charge on any atom is 0.247 e. The van der Waals surface area contributed by atoms with Crippen molar-refractivity contribution in [3.63, 3.8) is 0 Å². The fourth-order valence-electron chi connectivity index (χ4n) is 4.01. The van der Waals surface area contributed by atoms with Gasteiger partial charge in [0.1, 0.15) is 23.9 Å². The second kappa shape index (κ2) is 11.2. The van der Waals surface area contributed by atoms with Crippen LogP contribution in [0.25, 0.3) is 11.0 Å². The van der Waals surface area contributed by atoms with E-state index in [1.165, 1.54) is 0 Å². The van der Waals surface area contributed by atoms with Gasteiger partial charge in [0, 0.05) is 24.5 Å². The lowest BCUT2D eigenvalue weighted by atomic mass is 9.98. The van der Waals surface area contributed by atoms with Crippen molar-refractivity contribution in [3.8, 4) is 5.75 Å². The molecule has 0 radical (unpaired) electrons. The molecule has 4 rings (SSSR count). The van der Waals surface area contributed by atoms with Crippen molar-refractivity contribution in [2.75, 3.05) is 7.11 Å². The number of hydrogen-bond donors (Lipinski definition) is 1. The number of pyridine rings is 1. The molecular formula is C28H32N6O3.